The summed E-state index contributed by atoms with van der Waals surface area (Å²) in [4.78, 5) is 7.12. The second-order valence-corrected chi connectivity index (χ2v) is 5.38. The maximum atomic E-state index is 4.60. The van der Waals surface area contributed by atoms with Crippen LogP contribution in [0.5, 0.6) is 0 Å². The Bertz CT molecular complexity index is 501. The molecule has 102 valence electrons. The SMILES string of the molecule is CCN1CCC(CNCc2cn3ccccc3n2)C1. The van der Waals surface area contributed by atoms with Gasteiger partial charge in [-0.1, -0.05) is 13.0 Å². The van der Waals surface area contributed by atoms with E-state index in [0.29, 0.717) is 0 Å². The van der Waals surface area contributed by atoms with Crippen molar-refractivity contribution < 1.29 is 0 Å². The van der Waals surface area contributed by atoms with E-state index in [1.807, 2.05) is 24.4 Å². The summed E-state index contributed by atoms with van der Waals surface area (Å²) in [6, 6.07) is 6.10. The number of nitrogens with zero attached hydrogens (tertiary/aromatic N) is 3. The number of fused-ring (bicyclic) bond motifs is 1. The van der Waals surface area contributed by atoms with Crippen LogP contribution in [0, 0.1) is 5.92 Å². The molecule has 1 saturated heterocycles. The maximum absolute atomic E-state index is 4.60. The number of imidazole rings is 1. The highest BCUT2D eigenvalue weighted by Crippen LogP contribution is 2.14. The van der Waals surface area contributed by atoms with E-state index < -0.39 is 0 Å². The number of hydrogen-bond acceptors (Lipinski definition) is 3. The molecule has 2 aromatic rings. The average molecular weight is 258 g/mol. The summed E-state index contributed by atoms with van der Waals surface area (Å²) < 4.78 is 2.07. The minimum absolute atomic E-state index is 0.803. The molecule has 1 unspecified atom stereocenters. The molecule has 1 N–H and O–H groups in total. The predicted octanol–water partition coefficient (Wildman–Crippen LogP) is 1.77. The van der Waals surface area contributed by atoms with Crippen molar-refractivity contribution in [1.29, 1.82) is 0 Å². The van der Waals surface area contributed by atoms with Gasteiger partial charge in [-0.15, -0.1) is 0 Å². The van der Waals surface area contributed by atoms with Gasteiger partial charge in [-0.3, -0.25) is 0 Å². The van der Waals surface area contributed by atoms with Gasteiger partial charge in [0.25, 0.3) is 0 Å². The van der Waals surface area contributed by atoms with Crippen LogP contribution in [0.25, 0.3) is 5.65 Å². The minimum Gasteiger partial charge on any atom is -0.311 e. The van der Waals surface area contributed by atoms with Gasteiger partial charge in [0.05, 0.1) is 5.69 Å². The lowest BCUT2D eigenvalue weighted by molar-refractivity contribution is 0.338. The normalized spacial score (nSPS) is 20.4. The molecule has 0 radical (unpaired) electrons. The van der Waals surface area contributed by atoms with Gasteiger partial charge in [0.15, 0.2) is 0 Å². The maximum Gasteiger partial charge on any atom is 0.137 e. The van der Waals surface area contributed by atoms with Crippen molar-refractivity contribution in [3.05, 3.63) is 36.3 Å². The summed E-state index contributed by atoms with van der Waals surface area (Å²) in [7, 11) is 0. The lowest BCUT2D eigenvalue weighted by atomic mass is 10.1. The molecule has 0 bridgehead atoms. The first-order valence-corrected chi connectivity index (χ1v) is 7.21. The molecular formula is C15H22N4. The molecule has 1 atom stereocenters. The van der Waals surface area contributed by atoms with Gasteiger partial charge in [0, 0.05) is 25.5 Å². The van der Waals surface area contributed by atoms with Gasteiger partial charge >= 0.3 is 0 Å². The molecule has 0 spiro atoms. The van der Waals surface area contributed by atoms with E-state index in [4.69, 9.17) is 0 Å². The highest BCUT2D eigenvalue weighted by atomic mass is 15.1. The standard InChI is InChI=1S/C15H22N4/c1-2-18-8-6-13(11-18)9-16-10-14-12-19-7-4-3-5-15(19)17-14/h3-5,7,12-13,16H,2,6,8-11H2,1H3. The highest BCUT2D eigenvalue weighted by molar-refractivity contribution is 5.39. The molecule has 4 nitrogen and oxygen atoms in total. The first kappa shape index (κ1) is 12.6. The quantitative estimate of drug-likeness (QED) is 0.887. The van der Waals surface area contributed by atoms with Crippen LogP contribution in [-0.4, -0.2) is 40.5 Å². The third kappa shape index (κ3) is 2.96. The lowest BCUT2D eigenvalue weighted by Gasteiger charge is -2.13. The van der Waals surface area contributed by atoms with Gasteiger partial charge in [-0.25, -0.2) is 4.98 Å². The first-order valence-electron chi connectivity index (χ1n) is 7.21. The van der Waals surface area contributed by atoms with Crippen LogP contribution >= 0.6 is 0 Å². The Kier molecular flexibility index (Phi) is 3.80. The van der Waals surface area contributed by atoms with Gasteiger partial charge in [-0.2, -0.15) is 0 Å². The Labute approximate surface area is 114 Å². The Morgan fingerprint density at radius 3 is 3.16 bits per heavy atom. The molecule has 3 rings (SSSR count). The summed E-state index contributed by atoms with van der Waals surface area (Å²) >= 11 is 0. The Morgan fingerprint density at radius 1 is 1.42 bits per heavy atom. The van der Waals surface area contributed by atoms with E-state index in [-0.39, 0.29) is 0 Å². The zero-order valence-electron chi connectivity index (χ0n) is 11.5. The summed E-state index contributed by atoms with van der Waals surface area (Å²) in [6.45, 7) is 7.90. The molecule has 0 saturated carbocycles. The molecule has 0 amide bonds. The number of aromatic nitrogens is 2. The smallest absolute Gasteiger partial charge is 0.137 e. The fourth-order valence-corrected chi connectivity index (χ4v) is 2.84. The number of rotatable bonds is 5. The molecule has 1 aliphatic rings. The monoisotopic (exact) mass is 258 g/mol. The van der Waals surface area contributed by atoms with E-state index in [9.17, 15) is 0 Å². The van der Waals surface area contributed by atoms with Crippen molar-refractivity contribution >= 4 is 5.65 Å². The highest BCUT2D eigenvalue weighted by Gasteiger charge is 2.20. The summed E-state index contributed by atoms with van der Waals surface area (Å²) in [5.41, 5.74) is 2.15. The minimum atomic E-state index is 0.803. The third-order valence-electron chi connectivity index (χ3n) is 3.97. The molecule has 1 aliphatic heterocycles. The second kappa shape index (κ2) is 5.72. The topological polar surface area (TPSA) is 32.6 Å². The molecule has 19 heavy (non-hydrogen) atoms. The van der Waals surface area contributed by atoms with Crippen LogP contribution in [0.1, 0.15) is 19.0 Å². The van der Waals surface area contributed by atoms with Crippen molar-refractivity contribution in [2.75, 3.05) is 26.2 Å². The van der Waals surface area contributed by atoms with Crippen molar-refractivity contribution in [3.8, 4) is 0 Å². The molecule has 2 aromatic heterocycles. The zero-order valence-corrected chi connectivity index (χ0v) is 11.5. The van der Waals surface area contributed by atoms with Gasteiger partial charge in [-0.05, 0) is 44.1 Å². The van der Waals surface area contributed by atoms with Crippen LogP contribution in [0.15, 0.2) is 30.6 Å². The van der Waals surface area contributed by atoms with Crippen molar-refractivity contribution in [2.45, 2.75) is 19.9 Å². The lowest BCUT2D eigenvalue weighted by Crippen LogP contribution is -2.26. The number of hydrogen-bond donors (Lipinski definition) is 1. The van der Waals surface area contributed by atoms with E-state index in [1.165, 1.54) is 26.1 Å². The van der Waals surface area contributed by atoms with E-state index in [1.54, 1.807) is 0 Å². The van der Waals surface area contributed by atoms with Crippen LogP contribution in [0.4, 0.5) is 0 Å². The fraction of sp³-hybridized carbons (Fsp3) is 0.533. The largest absolute Gasteiger partial charge is 0.311 e. The van der Waals surface area contributed by atoms with Crippen LogP contribution in [-0.2, 0) is 6.54 Å². The zero-order chi connectivity index (χ0) is 13.1. The van der Waals surface area contributed by atoms with Crippen LogP contribution in [0.3, 0.4) is 0 Å². The number of likely N-dealkylation sites (tertiary alicyclic amines) is 1. The van der Waals surface area contributed by atoms with Crippen molar-refractivity contribution in [3.63, 3.8) is 0 Å². The van der Waals surface area contributed by atoms with Gasteiger partial charge < -0.3 is 14.6 Å². The number of nitrogens with one attached hydrogen (secondary N) is 1. The van der Waals surface area contributed by atoms with E-state index >= 15 is 0 Å². The van der Waals surface area contributed by atoms with Crippen LogP contribution in [0.2, 0.25) is 0 Å². The predicted molar refractivity (Wildman–Crippen MR) is 77.1 cm³/mol. The van der Waals surface area contributed by atoms with E-state index in [2.05, 4.69) is 32.7 Å². The third-order valence-corrected chi connectivity index (χ3v) is 3.97. The second-order valence-electron chi connectivity index (χ2n) is 5.38. The molecule has 0 aliphatic carbocycles. The summed E-state index contributed by atoms with van der Waals surface area (Å²) in [6.07, 6.45) is 5.48. The van der Waals surface area contributed by atoms with E-state index in [0.717, 1.165) is 30.3 Å². The molecule has 4 heteroatoms. The van der Waals surface area contributed by atoms with Gasteiger partial charge in [0.1, 0.15) is 5.65 Å². The molecule has 1 fully saturated rings. The summed E-state index contributed by atoms with van der Waals surface area (Å²) in [5, 5.41) is 3.55. The van der Waals surface area contributed by atoms with Crippen molar-refractivity contribution in [1.82, 2.24) is 19.6 Å². The number of pyridine rings is 1. The Balaban J connectivity index is 1.50. The first-order chi connectivity index (χ1) is 9.35. The molecule has 0 aromatic carbocycles. The molecular weight excluding hydrogens is 236 g/mol. The Hall–Kier alpha value is -1.39. The van der Waals surface area contributed by atoms with Gasteiger partial charge in [0.2, 0.25) is 0 Å². The van der Waals surface area contributed by atoms with Crippen LogP contribution < -0.4 is 5.32 Å². The fourth-order valence-electron chi connectivity index (χ4n) is 2.84. The Morgan fingerprint density at radius 2 is 2.37 bits per heavy atom. The van der Waals surface area contributed by atoms with Crippen molar-refractivity contribution in [2.24, 2.45) is 5.92 Å². The molecule has 3 heterocycles. The summed E-state index contributed by atoms with van der Waals surface area (Å²) in [5.74, 6) is 0.803. The average Bonchev–Trinajstić information content (AvgIpc) is 3.04.